The summed E-state index contributed by atoms with van der Waals surface area (Å²) in [5, 5.41) is 1.36. The molecule has 0 radical (unpaired) electrons. The van der Waals surface area contributed by atoms with Gasteiger partial charge in [-0.05, 0) is 90.3 Å². The summed E-state index contributed by atoms with van der Waals surface area (Å²) in [6.45, 7) is 16.7. The maximum atomic E-state index is 14.2. The van der Waals surface area contributed by atoms with Crippen molar-refractivity contribution in [2.24, 2.45) is 5.92 Å². The Morgan fingerprint density at radius 2 is 1.89 bits per heavy atom. The second-order valence-electron chi connectivity index (χ2n) is 14.5. The Balaban J connectivity index is 1.53. The molecular formula is C34H45ClN6O3. The van der Waals surface area contributed by atoms with Crippen LogP contribution in [-0.4, -0.2) is 61.3 Å². The van der Waals surface area contributed by atoms with Crippen molar-refractivity contribution in [3.05, 3.63) is 50.8 Å². The van der Waals surface area contributed by atoms with Gasteiger partial charge in [0.15, 0.2) is 5.65 Å². The molecule has 0 aromatic carbocycles. The molecular weight excluding hydrogens is 576 g/mol. The number of hydrogen-bond donors (Lipinski definition) is 0. The molecule has 2 unspecified atom stereocenters. The molecule has 3 aromatic rings. The second kappa shape index (κ2) is 11.0. The molecule has 1 saturated heterocycles. The fourth-order valence-corrected chi connectivity index (χ4v) is 7.80. The number of amides is 1. The third kappa shape index (κ3) is 5.25. The maximum absolute atomic E-state index is 14.2. The predicted molar refractivity (Wildman–Crippen MR) is 174 cm³/mol. The number of halogens is 1. The summed E-state index contributed by atoms with van der Waals surface area (Å²) >= 11 is 7.13. The quantitative estimate of drug-likeness (QED) is 0.312. The minimum Gasteiger partial charge on any atom is -0.444 e. The van der Waals surface area contributed by atoms with Crippen molar-refractivity contribution < 1.29 is 9.53 Å². The number of carbonyl (C=O) groups is 1. The molecule has 6 rings (SSSR count). The van der Waals surface area contributed by atoms with Crippen LogP contribution in [0.15, 0.2) is 23.1 Å². The van der Waals surface area contributed by atoms with E-state index in [0.29, 0.717) is 35.5 Å². The SMILES string of the molecule is Cc1ccnc(C(C)C)c1-n1c(=O)nc(N2C[C@@H](C)N(C(=O)OC(C)(C)C)C[C@@H]2C)c2cc(Cl)c(C34CCCCC3C4)nc21. The number of hydrogen-bond acceptors (Lipinski definition) is 7. The van der Waals surface area contributed by atoms with Gasteiger partial charge in [-0.3, -0.25) is 4.98 Å². The third-order valence-electron chi connectivity index (χ3n) is 9.74. The number of aromatic nitrogens is 4. The Bertz CT molecular complexity index is 1680. The van der Waals surface area contributed by atoms with Gasteiger partial charge in [0.1, 0.15) is 11.4 Å². The lowest BCUT2D eigenvalue weighted by Gasteiger charge is -2.44. The van der Waals surface area contributed by atoms with Crippen LogP contribution in [0.2, 0.25) is 5.02 Å². The van der Waals surface area contributed by atoms with Crippen LogP contribution in [-0.2, 0) is 10.2 Å². The van der Waals surface area contributed by atoms with Gasteiger partial charge in [-0.25, -0.2) is 19.1 Å². The summed E-state index contributed by atoms with van der Waals surface area (Å²) in [4.78, 5) is 45.9. The molecule has 3 fully saturated rings. The highest BCUT2D eigenvalue weighted by molar-refractivity contribution is 6.32. The van der Waals surface area contributed by atoms with E-state index in [1.165, 1.54) is 12.8 Å². The zero-order chi connectivity index (χ0) is 31.7. The number of aryl methyl sites for hydroxylation is 1. The van der Waals surface area contributed by atoms with E-state index in [4.69, 9.17) is 31.3 Å². The average molecular weight is 621 g/mol. The number of rotatable bonds is 4. The molecule has 9 nitrogen and oxygen atoms in total. The van der Waals surface area contributed by atoms with Gasteiger partial charge in [0.25, 0.3) is 0 Å². The van der Waals surface area contributed by atoms with E-state index in [-0.39, 0.29) is 29.5 Å². The Hall–Kier alpha value is -3.20. The van der Waals surface area contributed by atoms with Gasteiger partial charge in [-0.2, -0.15) is 4.98 Å². The lowest BCUT2D eigenvalue weighted by molar-refractivity contribution is 0.0130. The van der Waals surface area contributed by atoms with Crippen molar-refractivity contribution >= 4 is 34.5 Å². The number of pyridine rings is 2. The smallest absolute Gasteiger partial charge is 0.410 e. The van der Waals surface area contributed by atoms with Crippen molar-refractivity contribution in [2.75, 3.05) is 18.0 Å². The highest BCUT2D eigenvalue weighted by atomic mass is 35.5. The molecule has 2 saturated carbocycles. The Labute approximate surface area is 265 Å². The van der Waals surface area contributed by atoms with E-state index in [9.17, 15) is 9.59 Å². The highest BCUT2D eigenvalue weighted by Gasteiger charge is 2.57. The zero-order valence-corrected chi connectivity index (χ0v) is 28.0. The van der Waals surface area contributed by atoms with Gasteiger partial charge < -0.3 is 14.5 Å². The summed E-state index contributed by atoms with van der Waals surface area (Å²) in [5.41, 5.74) is 2.98. The molecule has 2 aliphatic carbocycles. The average Bonchev–Trinajstić information content (AvgIpc) is 3.69. The molecule has 236 valence electrons. The number of fused-ring (bicyclic) bond motifs is 2. The van der Waals surface area contributed by atoms with Crippen LogP contribution >= 0.6 is 11.6 Å². The first-order chi connectivity index (χ1) is 20.7. The Morgan fingerprint density at radius 3 is 2.57 bits per heavy atom. The summed E-state index contributed by atoms with van der Waals surface area (Å²) < 4.78 is 7.36. The Kier molecular flexibility index (Phi) is 7.70. The van der Waals surface area contributed by atoms with Crippen molar-refractivity contribution in [3.63, 3.8) is 0 Å². The fraction of sp³-hybridized carbons (Fsp3) is 0.618. The van der Waals surface area contributed by atoms with Gasteiger partial charge in [0.2, 0.25) is 0 Å². The van der Waals surface area contributed by atoms with Crippen LogP contribution in [0.4, 0.5) is 10.6 Å². The Morgan fingerprint density at radius 1 is 1.14 bits per heavy atom. The number of piperazine rings is 1. The largest absolute Gasteiger partial charge is 0.444 e. The first-order valence-corrected chi connectivity index (χ1v) is 16.5. The van der Waals surface area contributed by atoms with E-state index in [0.717, 1.165) is 47.3 Å². The lowest BCUT2D eigenvalue weighted by atomic mass is 9.85. The van der Waals surface area contributed by atoms with Gasteiger partial charge in [0, 0.05) is 36.8 Å². The van der Waals surface area contributed by atoms with Crippen molar-refractivity contribution in [3.8, 4) is 5.69 Å². The van der Waals surface area contributed by atoms with Gasteiger partial charge in [-0.15, -0.1) is 0 Å². The minimum absolute atomic E-state index is 0.0143. The monoisotopic (exact) mass is 620 g/mol. The fourth-order valence-electron chi connectivity index (χ4n) is 7.46. The summed E-state index contributed by atoms with van der Waals surface area (Å²) in [6.07, 6.45) is 7.23. The molecule has 0 spiro atoms. The minimum atomic E-state index is -0.586. The topological polar surface area (TPSA) is 93.5 Å². The third-order valence-corrected chi connectivity index (χ3v) is 10.0. The van der Waals surface area contributed by atoms with Gasteiger partial charge in [-0.1, -0.05) is 38.3 Å². The van der Waals surface area contributed by atoms with Crippen LogP contribution in [0.25, 0.3) is 16.7 Å². The normalized spacial score (nSPS) is 25.4. The first kappa shape index (κ1) is 30.8. The number of anilines is 1. The molecule has 0 bridgehead atoms. The van der Waals surface area contributed by atoms with E-state index >= 15 is 0 Å². The molecule has 44 heavy (non-hydrogen) atoms. The number of nitrogens with zero attached hydrogens (tertiary/aromatic N) is 6. The maximum Gasteiger partial charge on any atom is 0.410 e. The second-order valence-corrected chi connectivity index (χ2v) is 15.0. The summed E-state index contributed by atoms with van der Waals surface area (Å²) in [7, 11) is 0. The van der Waals surface area contributed by atoms with E-state index < -0.39 is 11.3 Å². The van der Waals surface area contributed by atoms with Crippen LogP contribution in [0, 0.1) is 12.8 Å². The van der Waals surface area contributed by atoms with Crippen LogP contribution in [0.3, 0.4) is 0 Å². The number of ether oxygens (including phenoxy) is 1. The predicted octanol–water partition coefficient (Wildman–Crippen LogP) is 6.93. The lowest BCUT2D eigenvalue weighted by Crippen LogP contribution is -2.59. The van der Waals surface area contributed by atoms with Crippen LogP contribution in [0.1, 0.15) is 103 Å². The van der Waals surface area contributed by atoms with Gasteiger partial charge >= 0.3 is 11.8 Å². The molecule has 4 heterocycles. The first-order valence-electron chi connectivity index (χ1n) is 16.1. The van der Waals surface area contributed by atoms with E-state index in [1.807, 2.05) is 53.7 Å². The van der Waals surface area contributed by atoms with Crippen molar-refractivity contribution in [2.45, 2.75) is 117 Å². The van der Waals surface area contributed by atoms with Gasteiger partial charge in [0.05, 0.1) is 27.5 Å². The van der Waals surface area contributed by atoms with Crippen LogP contribution < -0.4 is 10.6 Å². The van der Waals surface area contributed by atoms with Crippen LogP contribution in [0.5, 0.6) is 0 Å². The molecule has 3 aliphatic rings. The van der Waals surface area contributed by atoms with E-state index in [1.54, 1.807) is 15.7 Å². The zero-order valence-electron chi connectivity index (χ0n) is 27.3. The summed E-state index contributed by atoms with van der Waals surface area (Å²) in [5.74, 6) is 1.23. The summed E-state index contributed by atoms with van der Waals surface area (Å²) in [6, 6.07) is 3.62. The molecule has 0 N–H and O–H groups in total. The highest BCUT2D eigenvalue weighted by Crippen LogP contribution is 2.63. The number of carbonyl (C=O) groups excluding carboxylic acids is 1. The molecule has 10 heteroatoms. The molecule has 4 atom stereocenters. The molecule has 1 amide bonds. The molecule has 3 aromatic heterocycles. The van der Waals surface area contributed by atoms with E-state index in [2.05, 4.69) is 18.7 Å². The van der Waals surface area contributed by atoms with Crippen molar-refractivity contribution in [1.29, 1.82) is 0 Å². The molecule has 1 aliphatic heterocycles. The standard InChI is InChI=1S/C34H45ClN6O3/c1-19(2)26-27(20(3)12-14-36-26)41-30-24(15-25(35)28(37-30)34-13-10-9-11-23(34)16-34)29(38-31(41)42)39-17-22(5)40(18-21(39)4)32(43)44-33(6,7)8/h12,14-15,19,21-23H,9-11,13,16-18H2,1-8H3/t21-,22+,23?,34?/m0/s1. The van der Waals surface area contributed by atoms with Crippen molar-refractivity contribution in [1.82, 2.24) is 24.4 Å².